The van der Waals surface area contributed by atoms with Gasteiger partial charge in [0, 0.05) is 0 Å². The predicted octanol–water partition coefficient (Wildman–Crippen LogP) is 4.70. The predicted molar refractivity (Wildman–Crippen MR) is 80.1 cm³/mol. The molecule has 3 heteroatoms. The average molecular weight is 358 g/mol. The molecule has 0 aliphatic rings. The normalized spacial score (nSPS) is 13.2. The summed E-state index contributed by atoms with van der Waals surface area (Å²) < 4.78 is 0. The molecule has 0 aromatic rings. The maximum absolute atomic E-state index is 2.67. The Kier molecular flexibility index (Phi) is 8.14. The Morgan fingerprint density at radius 1 is 0.733 bits per heavy atom. The summed E-state index contributed by atoms with van der Waals surface area (Å²) in [5.41, 5.74) is -1.44. The summed E-state index contributed by atoms with van der Waals surface area (Å²) in [5, 5.41) is 0. The molecular weight excluding hydrogens is 328 g/mol. The SMILES string of the molecule is CCCC[Si](C)(C)[Te][Si](C)(C)CCCC. The van der Waals surface area contributed by atoms with Gasteiger partial charge in [-0.1, -0.05) is 0 Å². The van der Waals surface area contributed by atoms with Crippen LogP contribution in [0.5, 0.6) is 0 Å². The van der Waals surface area contributed by atoms with E-state index in [0.717, 1.165) is 0 Å². The minimum absolute atomic E-state index is 0.391. The quantitative estimate of drug-likeness (QED) is 0.552. The molecule has 0 aliphatic heterocycles. The van der Waals surface area contributed by atoms with Gasteiger partial charge in [0.15, 0.2) is 0 Å². The van der Waals surface area contributed by atoms with E-state index in [0.29, 0.717) is 19.3 Å². The standard InChI is InChI=1S/C12H30Si2Te/c1-7-9-11-13(3,4)15-14(5,6)12-10-8-2/h7-12H2,1-6H3. The van der Waals surface area contributed by atoms with Crippen LogP contribution in [0.15, 0.2) is 0 Å². The second kappa shape index (κ2) is 7.53. The summed E-state index contributed by atoms with van der Waals surface area (Å²) >= 11 is 0.391. The van der Waals surface area contributed by atoms with Gasteiger partial charge in [-0.25, -0.2) is 0 Å². The summed E-state index contributed by atoms with van der Waals surface area (Å²) in [6, 6.07) is 3.24. The summed E-state index contributed by atoms with van der Waals surface area (Å²) in [6.45, 7) is 15.4. The van der Waals surface area contributed by atoms with Crippen molar-refractivity contribution in [3.05, 3.63) is 0 Å². The van der Waals surface area contributed by atoms with Crippen LogP contribution in [0.2, 0.25) is 38.3 Å². The summed E-state index contributed by atoms with van der Waals surface area (Å²) in [7, 11) is 0. The Morgan fingerprint density at radius 3 is 1.33 bits per heavy atom. The maximum atomic E-state index is 2.67. The van der Waals surface area contributed by atoms with Gasteiger partial charge in [0.05, 0.1) is 0 Å². The minimum atomic E-state index is -0.718. The number of hydrogen-bond acceptors (Lipinski definition) is 0. The van der Waals surface area contributed by atoms with Crippen LogP contribution in [0.25, 0.3) is 0 Å². The second-order valence-electron chi connectivity index (χ2n) is 5.83. The van der Waals surface area contributed by atoms with E-state index in [1.165, 1.54) is 25.7 Å². The molecule has 0 N–H and O–H groups in total. The first-order valence-electron chi connectivity index (χ1n) is 6.53. The van der Waals surface area contributed by atoms with E-state index in [2.05, 4.69) is 40.0 Å². The van der Waals surface area contributed by atoms with Crippen molar-refractivity contribution in [2.75, 3.05) is 0 Å². The molecule has 92 valence electrons. The van der Waals surface area contributed by atoms with Crippen molar-refractivity contribution in [3.63, 3.8) is 0 Å². The average Bonchev–Trinajstić information content (AvgIpc) is 2.10. The third kappa shape index (κ3) is 8.97. The second-order valence-corrected chi connectivity index (χ2v) is 38.9. The fourth-order valence-corrected chi connectivity index (χ4v) is 57.4. The first kappa shape index (κ1) is 16.2. The van der Waals surface area contributed by atoms with Crippen LogP contribution in [-0.2, 0) is 0 Å². The molecule has 0 nitrogen and oxygen atoms in total. The Morgan fingerprint density at radius 2 is 1.07 bits per heavy atom. The molecule has 15 heavy (non-hydrogen) atoms. The summed E-state index contributed by atoms with van der Waals surface area (Å²) in [6.07, 6.45) is 5.81. The Bertz CT molecular complexity index is 149. The fraction of sp³-hybridized carbons (Fsp3) is 1.00. The molecule has 0 aromatic carbocycles. The van der Waals surface area contributed by atoms with Crippen LogP contribution >= 0.6 is 0 Å². The molecule has 0 fully saturated rings. The first-order chi connectivity index (χ1) is 6.83. The number of unbranched alkanes of at least 4 members (excludes halogenated alkanes) is 2. The van der Waals surface area contributed by atoms with Gasteiger partial charge in [-0.15, -0.1) is 0 Å². The van der Waals surface area contributed by atoms with Crippen LogP contribution in [-0.4, -0.2) is 30.6 Å². The molecule has 0 spiro atoms. The molecular formula is C12H30Si2Te. The zero-order valence-corrected chi connectivity index (χ0v) is 16.0. The van der Waals surface area contributed by atoms with Crippen LogP contribution in [0.1, 0.15) is 39.5 Å². The molecule has 0 heterocycles. The monoisotopic (exact) mass is 360 g/mol. The van der Waals surface area contributed by atoms with E-state index in [4.69, 9.17) is 0 Å². The van der Waals surface area contributed by atoms with Gasteiger partial charge in [-0.2, -0.15) is 0 Å². The Labute approximate surface area is 108 Å². The van der Waals surface area contributed by atoms with E-state index in [1.807, 2.05) is 0 Å². The Hall–Kier alpha value is 1.22. The van der Waals surface area contributed by atoms with Crippen LogP contribution < -0.4 is 0 Å². The molecule has 0 unspecified atom stereocenters. The molecule has 0 radical (unpaired) electrons. The van der Waals surface area contributed by atoms with Crippen LogP contribution in [0, 0.1) is 0 Å². The van der Waals surface area contributed by atoms with Crippen molar-refractivity contribution in [2.45, 2.75) is 77.8 Å². The van der Waals surface area contributed by atoms with Gasteiger partial charge in [0.1, 0.15) is 0 Å². The molecule has 0 saturated heterocycles. The van der Waals surface area contributed by atoms with Crippen LogP contribution in [0.3, 0.4) is 0 Å². The third-order valence-corrected chi connectivity index (χ3v) is 42.2. The summed E-state index contributed by atoms with van der Waals surface area (Å²) in [5.74, 6) is 0. The third-order valence-electron chi connectivity index (χ3n) is 2.82. The van der Waals surface area contributed by atoms with E-state index >= 15 is 0 Å². The molecule has 0 aromatic heterocycles. The van der Waals surface area contributed by atoms with Gasteiger partial charge in [0.2, 0.25) is 0 Å². The topological polar surface area (TPSA) is 0 Å². The molecule has 0 bridgehead atoms. The van der Waals surface area contributed by atoms with Crippen molar-refractivity contribution in [3.8, 4) is 0 Å². The van der Waals surface area contributed by atoms with Gasteiger partial charge in [-0.05, 0) is 0 Å². The first-order valence-corrected chi connectivity index (χ1v) is 19.8. The van der Waals surface area contributed by atoms with Crippen LogP contribution in [0.4, 0.5) is 0 Å². The molecule has 0 aliphatic carbocycles. The van der Waals surface area contributed by atoms with Gasteiger partial charge in [-0.3, -0.25) is 0 Å². The fourth-order valence-electron chi connectivity index (χ4n) is 2.06. The van der Waals surface area contributed by atoms with E-state index in [-0.39, 0.29) is 0 Å². The molecule has 0 amide bonds. The van der Waals surface area contributed by atoms with Crippen molar-refractivity contribution >= 4 is 30.6 Å². The number of hydrogen-bond donors (Lipinski definition) is 0. The van der Waals surface area contributed by atoms with Crippen molar-refractivity contribution in [2.24, 2.45) is 0 Å². The summed E-state index contributed by atoms with van der Waals surface area (Å²) in [4.78, 5) is 0. The van der Waals surface area contributed by atoms with Gasteiger partial charge < -0.3 is 0 Å². The molecule has 0 rings (SSSR count). The van der Waals surface area contributed by atoms with E-state index in [9.17, 15) is 0 Å². The van der Waals surface area contributed by atoms with Crippen molar-refractivity contribution in [1.29, 1.82) is 0 Å². The number of rotatable bonds is 8. The van der Waals surface area contributed by atoms with Crippen molar-refractivity contribution < 1.29 is 0 Å². The zero-order chi connectivity index (χ0) is 11.9. The van der Waals surface area contributed by atoms with E-state index in [1.54, 1.807) is 12.1 Å². The zero-order valence-electron chi connectivity index (χ0n) is 11.7. The molecule has 0 atom stereocenters. The molecule has 0 saturated carbocycles. The Balaban J connectivity index is 4.04. The van der Waals surface area contributed by atoms with E-state index < -0.39 is 11.2 Å². The van der Waals surface area contributed by atoms with Gasteiger partial charge >= 0.3 is 108 Å². The van der Waals surface area contributed by atoms with Gasteiger partial charge in [0.25, 0.3) is 0 Å². The van der Waals surface area contributed by atoms with Crippen molar-refractivity contribution in [1.82, 2.24) is 0 Å².